The van der Waals surface area contributed by atoms with Crippen LogP contribution in [0.15, 0.2) is 24.3 Å². The van der Waals surface area contributed by atoms with Gasteiger partial charge in [-0.05, 0) is 24.3 Å². The lowest BCUT2D eigenvalue weighted by atomic mass is 10.2. The van der Waals surface area contributed by atoms with Crippen LogP contribution in [0.4, 0.5) is 0 Å². The quantitative estimate of drug-likeness (QED) is 0.578. The minimum absolute atomic E-state index is 0.0217. The Balaban J connectivity index is 2.38. The van der Waals surface area contributed by atoms with E-state index >= 15 is 0 Å². The van der Waals surface area contributed by atoms with Crippen LogP contribution in [-0.4, -0.2) is 54.7 Å². The molecule has 1 rings (SSSR count). The van der Waals surface area contributed by atoms with E-state index in [1.165, 1.54) is 0 Å². The van der Waals surface area contributed by atoms with Gasteiger partial charge in [-0.15, -0.1) is 0 Å². The summed E-state index contributed by atoms with van der Waals surface area (Å²) in [6, 6.07) is 6.74. The lowest BCUT2D eigenvalue weighted by Gasteiger charge is -2.15. The van der Waals surface area contributed by atoms with Gasteiger partial charge in [0.05, 0.1) is 12.2 Å². The zero-order chi connectivity index (χ0) is 15.7. The predicted octanol–water partition coefficient (Wildman–Crippen LogP) is 0.573. The first-order valence-corrected chi connectivity index (χ1v) is 6.95. The van der Waals surface area contributed by atoms with Crippen molar-refractivity contribution < 1.29 is 24.5 Å². The maximum atomic E-state index is 11.5. The van der Waals surface area contributed by atoms with E-state index in [-0.39, 0.29) is 19.8 Å². The fourth-order valence-electron chi connectivity index (χ4n) is 1.53. The van der Waals surface area contributed by atoms with E-state index in [0.29, 0.717) is 23.9 Å². The maximum Gasteiger partial charge on any atom is 0.338 e. The molecule has 0 unspecified atom stereocenters. The van der Waals surface area contributed by atoms with Gasteiger partial charge in [0.15, 0.2) is 0 Å². The summed E-state index contributed by atoms with van der Waals surface area (Å²) in [5, 5.41) is 21.4. The Labute approximate surface area is 124 Å². The monoisotopic (exact) mass is 297 g/mol. The van der Waals surface area contributed by atoms with Crippen LogP contribution in [-0.2, 0) is 4.74 Å². The molecule has 0 aliphatic rings. The van der Waals surface area contributed by atoms with E-state index in [1.54, 1.807) is 24.3 Å². The number of hydrogen-bond donors (Lipinski definition) is 3. The summed E-state index contributed by atoms with van der Waals surface area (Å²) >= 11 is 0. The Bertz CT molecular complexity index is 419. The molecule has 6 heteroatoms. The molecular weight excluding hydrogens is 274 g/mol. The summed E-state index contributed by atoms with van der Waals surface area (Å²) in [4.78, 5) is 11.5. The summed E-state index contributed by atoms with van der Waals surface area (Å²) in [5.74, 6) is 0.0778. The molecule has 0 spiro atoms. The van der Waals surface area contributed by atoms with Gasteiger partial charge in [0.25, 0.3) is 0 Å². The zero-order valence-electron chi connectivity index (χ0n) is 12.4. The molecule has 6 nitrogen and oxygen atoms in total. The molecular formula is C15H23NO5. The molecule has 1 aromatic carbocycles. The summed E-state index contributed by atoms with van der Waals surface area (Å²) in [6.07, 6.45) is -0.596. The third-order valence-corrected chi connectivity index (χ3v) is 2.62. The molecule has 0 aliphatic carbocycles. The van der Waals surface area contributed by atoms with Crippen LogP contribution in [0.3, 0.4) is 0 Å². The highest BCUT2D eigenvalue weighted by Crippen LogP contribution is 2.13. The third-order valence-electron chi connectivity index (χ3n) is 2.62. The number of carbonyl (C=O) groups excluding carboxylic acids is 1. The SMILES string of the molecule is CC(C)NC[C@@H](O)COc1ccc(C(=O)OCCO)cc1. The number of nitrogens with one attached hydrogen (secondary N) is 1. The number of aliphatic hydroxyl groups excluding tert-OH is 2. The first-order chi connectivity index (χ1) is 10.0. The van der Waals surface area contributed by atoms with E-state index in [1.807, 2.05) is 13.8 Å². The van der Waals surface area contributed by atoms with Gasteiger partial charge in [-0.2, -0.15) is 0 Å². The number of carbonyl (C=O) groups is 1. The van der Waals surface area contributed by atoms with Crippen LogP contribution >= 0.6 is 0 Å². The molecule has 0 aliphatic heterocycles. The number of rotatable bonds is 9. The fraction of sp³-hybridized carbons (Fsp3) is 0.533. The molecule has 0 heterocycles. The largest absolute Gasteiger partial charge is 0.491 e. The molecule has 118 valence electrons. The Morgan fingerprint density at radius 3 is 2.52 bits per heavy atom. The van der Waals surface area contributed by atoms with Gasteiger partial charge in [0.2, 0.25) is 0 Å². The first-order valence-electron chi connectivity index (χ1n) is 6.95. The molecule has 0 radical (unpaired) electrons. The number of esters is 1. The van der Waals surface area contributed by atoms with Crippen LogP contribution in [0.25, 0.3) is 0 Å². The van der Waals surface area contributed by atoms with Gasteiger partial charge in [-0.25, -0.2) is 4.79 Å². The van der Waals surface area contributed by atoms with Crippen LogP contribution in [0, 0.1) is 0 Å². The normalized spacial score (nSPS) is 12.2. The molecule has 0 amide bonds. The standard InChI is InChI=1S/C15H23NO5/c1-11(2)16-9-13(18)10-21-14-5-3-12(4-6-14)15(19)20-8-7-17/h3-6,11,13,16-18H,7-10H2,1-2H3/t13-/m1/s1. The van der Waals surface area contributed by atoms with Crippen molar-refractivity contribution in [3.63, 3.8) is 0 Å². The van der Waals surface area contributed by atoms with Gasteiger partial charge >= 0.3 is 5.97 Å². The number of ether oxygens (including phenoxy) is 2. The van der Waals surface area contributed by atoms with Crippen molar-refractivity contribution in [2.45, 2.75) is 26.0 Å². The smallest absolute Gasteiger partial charge is 0.338 e. The van der Waals surface area contributed by atoms with Crippen LogP contribution < -0.4 is 10.1 Å². The van der Waals surface area contributed by atoms with E-state index in [2.05, 4.69) is 5.32 Å². The highest BCUT2D eigenvalue weighted by atomic mass is 16.5. The van der Waals surface area contributed by atoms with Crippen molar-refractivity contribution in [2.24, 2.45) is 0 Å². The van der Waals surface area contributed by atoms with Crippen LogP contribution in [0.1, 0.15) is 24.2 Å². The summed E-state index contributed by atoms with van der Waals surface area (Å²) in [7, 11) is 0. The molecule has 0 aromatic heterocycles. The molecule has 0 saturated heterocycles. The Morgan fingerprint density at radius 2 is 1.95 bits per heavy atom. The second-order valence-corrected chi connectivity index (χ2v) is 4.91. The van der Waals surface area contributed by atoms with Crippen molar-refractivity contribution >= 4 is 5.97 Å². The lowest BCUT2D eigenvalue weighted by Crippen LogP contribution is -2.35. The Kier molecular flexibility index (Phi) is 7.74. The van der Waals surface area contributed by atoms with Gasteiger partial charge in [-0.3, -0.25) is 0 Å². The second-order valence-electron chi connectivity index (χ2n) is 4.91. The van der Waals surface area contributed by atoms with Crippen molar-refractivity contribution in [3.05, 3.63) is 29.8 Å². The average Bonchev–Trinajstić information content (AvgIpc) is 2.49. The zero-order valence-corrected chi connectivity index (χ0v) is 12.4. The molecule has 0 saturated carbocycles. The minimum Gasteiger partial charge on any atom is -0.491 e. The van der Waals surface area contributed by atoms with Gasteiger partial charge in [0, 0.05) is 12.6 Å². The van der Waals surface area contributed by atoms with Crippen molar-refractivity contribution in [1.29, 1.82) is 0 Å². The van der Waals surface area contributed by atoms with Crippen molar-refractivity contribution in [3.8, 4) is 5.75 Å². The molecule has 1 atom stereocenters. The molecule has 0 bridgehead atoms. The van der Waals surface area contributed by atoms with E-state index < -0.39 is 12.1 Å². The fourth-order valence-corrected chi connectivity index (χ4v) is 1.53. The first kappa shape index (κ1) is 17.4. The topological polar surface area (TPSA) is 88.0 Å². The Hall–Kier alpha value is -1.63. The van der Waals surface area contributed by atoms with Crippen molar-refractivity contribution in [2.75, 3.05) is 26.4 Å². The van der Waals surface area contributed by atoms with Gasteiger partial charge in [-0.1, -0.05) is 13.8 Å². The van der Waals surface area contributed by atoms with E-state index in [9.17, 15) is 9.90 Å². The number of benzene rings is 1. The minimum atomic E-state index is -0.596. The number of aliphatic hydroxyl groups is 2. The van der Waals surface area contributed by atoms with E-state index in [4.69, 9.17) is 14.6 Å². The van der Waals surface area contributed by atoms with Gasteiger partial charge < -0.3 is 25.0 Å². The highest BCUT2D eigenvalue weighted by molar-refractivity contribution is 5.89. The van der Waals surface area contributed by atoms with E-state index in [0.717, 1.165) is 0 Å². The third kappa shape index (κ3) is 7.08. The summed E-state index contributed by atoms with van der Waals surface area (Å²) < 4.78 is 10.2. The Morgan fingerprint density at radius 1 is 1.29 bits per heavy atom. The van der Waals surface area contributed by atoms with Crippen LogP contribution in [0.5, 0.6) is 5.75 Å². The summed E-state index contributed by atoms with van der Waals surface area (Å²) in [5.41, 5.74) is 0.387. The van der Waals surface area contributed by atoms with Crippen molar-refractivity contribution in [1.82, 2.24) is 5.32 Å². The summed E-state index contributed by atoms with van der Waals surface area (Å²) in [6.45, 7) is 4.42. The molecule has 1 aromatic rings. The maximum absolute atomic E-state index is 11.5. The molecule has 3 N–H and O–H groups in total. The van der Waals surface area contributed by atoms with Crippen LogP contribution in [0.2, 0.25) is 0 Å². The predicted molar refractivity (Wildman–Crippen MR) is 78.5 cm³/mol. The highest BCUT2D eigenvalue weighted by Gasteiger charge is 2.08. The average molecular weight is 297 g/mol. The van der Waals surface area contributed by atoms with Gasteiger partial charge in [0.1, 0.15) is 25.1 Å². The number of hydrogen-bond acceptors (Lipinski definition) is 6. The lowest BCUT2D eigenvalue weighted by molar-refractivity contribution is 0.0433. The molecule has 0 fully saturated rings. The molecule has 21 heavy (non-hydrogen) atoms. The second kappa shape index (κ2) is 9.33.